The SMILES string of the molecule is Cc1oc(Cc2cccc(Cl)c2)nc1-c1ccc(/C=C/C(=O)NC2CCNC2)cc1. The van der Waals surface area contributed by atoms with Gasteiger partial charge in [-0.3, -0.25) is 4.79 Å². The summed E-state index contributed by atoms with van der Waals surface area (Å²) in [5.41, 5.74) is 3.82. The number of aromatic nitrogens is 1. The van der Waals surface area contributed by atoms with E-state index in [-0.39, 0.29) is 11.9 Å². The van der Waals surface area contributed by atoms with Gasteiger partial charge >= 0.3 is 0 Å². The molecule has 1 amide bonds. The fraction of sp³-hybridized carbons (Fsp3) is 0.250. The lowest BCUT2D eigenvalue weighted by molar-refractivity contribution is -0.117. The summed E-state index contributed by atoms with van der Waals surface area (Å²) in [5.74, 6) is 1.37. The summed E-state index contributed by atoms with van der Waals surface area (Å²) in [7, 11) is 0. The molecule has 0 radical (unpaired) electrons. The topological polar surface area (TPSA) is 67.2 Å². The molecule has 30 heavy (non-hydrogen) atoms. The van der Waals surface area contributed by atoms with Crippen LogP contribution in [0.5, 0.6) is 0 Å². The number of halogens is 1. The Hall–Kier alpha value is -2.89. The van der Waals surface area contributed by atoms with Crippen molar-refractivity contribution < 1.29 is 9.21 Å². The molecule has 0 bridgehead atoms. The molecule has 0 spiro atoms. The van der Waals surface area contributed by atoms with Gasteiger partial charge in [-0.15, -0.1) is 0 Å². The summed E-state index contributed by atoms with van der Waals surface area (Å²) < 4.78 is 5.86. The smallest absolute Gasteiger partial charge is 0.244 e. The monoisotopic (exact) mass is 421 g/mol. The van der Waals surface area contributed by atoms with Crippen LogP contribution in [0.25, 0.3) is 17.3 Å². The largest absolute Gasteiger partial charge is 0.445 e. The summed E-state index contributed by atoms with van der Waals surface area (Å²) in [5, 5.41) is 6.94. The van der Waals surface area contributed by atoms with Gasteiger partial charge in [-0.25, -0.2) is 4.98 Å². The van der Waals surface area contributed by atoms with Crippen LogP contribution >= 0.6 is 11.6 Å². The summed E-state index contributed by atoms with van der Waals surface area (Å²) in [4.78, 5) is 16.7. The first-order valence-electron chi connectivity index (χ1n) is 10.1. The van der Waals surface area contributed by atoms with E-state index in [0.717, 1.165) is 47.7 Å². The summed E-state index contributed by atoms with van der Waals surface area (Å²) in [6.45, 7) is 3.71. The summed E-state index contributed by atoms with van der Waals surface area (Å²) in [6, 6.07) is 15.9. The first-order valence-corrected chi connectivity index (χ1v) is 10.4. The number of amides is 1. The first-order chi connectivity index (χ1) is 14.6. The lowest BCUT2D eigenvalue weighted by Gasteiger charge is -2.08. The Morgan fingerprint density at radius 1 is 1.30 bits per heavy atom. The first kappa shape index (κ1) is 20.4. The fourth-order valence-corrected chi connectivity index (χ4v) is 3.78. The molecule has 1 aliphatic heterocycles. The molecular formula is C24H24ClN3O2. The van der Waals surface area contributed by atoms with Gasteiger partial charge in [-0.1, -0.05) is 48.0 Å². The third-order valence-corrected chi connectivity index (χ3v) is 5.34. The van der Waals surface area contributed by atoms with Gasteiger partial charge < -0.3 is 15.1 Å². The molecule has 3 aromatic rings. The van der Waals surface area contributed by atoms with Crippen LogP contribution in [0.15, 0.2) is 59.0 Å². The number of rotatable bonds is 6. The summed E-state index contributed by atoms with van der Waals surface area (Å²) >= 11 is 6.06. The third kappa shape index (κ3) is 5.17. The van der Waals surface area contributed by atoms with Crippen LogP contribution in [0.3, 0.4) is 0 Å². The Bertz CT molecular complexity index is 1050. The Morgan fingerprint density at radius 3 is 2.87 bits per heavy atom. The number of carbonyl (C=O) groups excluding carboxylic acids is 1. The molecule has 1 fully saturated rings. The van der Waals surface area contributed by atoms with E-state index in [1.807, 2.05) is 61.5 Å². The average molecular weight is 422 g/mol. The van der Waals surface area contributed by atoms with Gasteiger partial charge in [0.05, 0.1) is 0 Å². The predicted octanol–water partition coefficient (Wildman–Crippen LogP) is 4.39. The maximum absolute atomic E-state index is 12.0. The number of nitrogens with zero attached hydrogens (tertiary/aromatic N) is 1. The highest BCUT2D eigenvalue weighted by molar-refractivity contribution is 6.30. The van der Waals surface area contributed by atoms with Gasteiger partial charge in [0.25, 0.3) is 0 Å². The highest BCUT2D eigenvalue weighted by atomic mass is 35.5. The molecule has 1 saturated heterocycles. The predicted molar refractivity (Wildman–Crippen MR) is 119 cm³/mol. The van der Waals surface area contributed by atoms with Crippen LogP contribution in [-0.2, 0) is 11.2 Å². The normalized spacial score (nSPS) is 16.3. The second kappa shape index (κ2) is 9.28. The van der Waals surface area contributed by atoms with E-state index in [4.69, 9.17) is 16.0 Å². The minimum atomic E-state index is -0.0641. The van der Waals surface area contributed by atoms with Crippen molar-refractivity contribution in [1.29, 1.82) is 0 Å². The van der Waals surface area contributed by atoms with Gasteiger partial charge in [0, 0.05) is 35.7 Å². The zero-order valence-electron chi connectivity index (χ0n) is 16.8. The standard InChI is InChI=1S/C24H24ClN3O2/c1-16-24(28-23(30-16)14-18-3-2-4-20(25)13-18)19-8-5-17(6-9-19)7-10-22(29)27-21-11-12-26-15-21/h2-10,13,21,26H,11-12,14-15H2,1H3,(H,27,29)/b10-7+. The maximum Gasteiger partial charge on any atom is 0.244 e. The van der Waals surface area contributed by atoms with E-state index in [0.29, 0.717) is 17.3 Å². The van der Waals surface area contributed by atoms with Crippen molar-refractivity contribution in [2.45, 2.75) is 25.8 Å². The molecule has 2 aromatic carbocycles. The van der Waals surface area contributed by atoms with Crippen molar-refractivity contribution in [1.82, 2.24) is 15.6 Å². The molecule has 1 aliphatic rings. The molecule has 4 rings (SSSR count). The van der Waals surface area contributed by atoms with Crippen LogP contribution in [-0.4, -0.2) is 30.0 Å². The zero-order chi connectivity index (χ0) is 20.9. The van der Waals surface area contributed by atoms with E-state index in [9.17, 15) is 4.79 Å². The second-order valence-electron chi connectivity index (χ2n) is 7.47. The number of aryl methyl sites for hydroxylation is 1. The zero-order valence-corrected chi connectivity index (χ0v) is 17.6. The lowest BCUT2D eigenvalue weighted by Crippen LogP contribution is -2.34. The molecule has 0 saturated carbocycles. The van der Waals surface area contributed by atoms with Crippen molar-refractivity contribution in [2.24, 2.45) is 0 Å². The van der Waals surface area contributed by atoms with Gasteiger partial charge in [0.1, 0.15) is 11.5 Å². The van der Waals surface area contributed by atoms with Crippen molar-refractivity contribution in [3.05, 3.63) is 82.4 Å². The third-order valence-electron chi connectivity index (χ3n) is 5.10. The van der Waals surface area contributed by atoms with Gasteiger partial charge in [0.2, 0.25) is 5.91 Å². The van der Waals surface area contributed by atoms with Gasteiger partial charge in [-0.2, -0.15) is 0 Å². The summed E-state index contributed by atoms with van der Waals surface area (Å²) in [6.07, 6.45) is 4.97. The number of benzene rings is 2. The Morgan fingerprint density at radius 2 is 2.13 bits per heavy atom. The highest BCUT2D eigenvalue weighted by Gasteiger charge is 2.15. The van der Waals surface area contributed by atoms with E-state index in [2.05, 4.69) is 15.6 Å². The number of nitrogens with one attached hydrogen (secondary N) is 2. The van der Waals surface area contributed by atoms with E-state index in [1.54, 1.807) is 6.08 Å². The van der Waals surface area contributed by atoms with Crippen LogP contribution in [0, 0.1) is 6.92 Å². The van der Waals surface area contributed by atoms with Crippen LogP contribution in [0.1, 0.15) is 29.2 Å². The number of hydrogen-bond acceptors (Lipinski definition) is 4. The van der Waals surface area contributed by atoms with Crippen molar-refractivity contribution >= 4 is 23.6 Å². The van der Waals surface area contributed by atoms with Crippen LogP contribution in [0.2, 0.25) is 5.02 Å². The second-order valence-corrected chi connectivity index (χ2v) is 7.91. The van der Waals surface area contributed by atoms with Gasteiger partial charge in [-0.05, 0) is 49.2 Å². The fourth-order valence-electron chi connectivity index (χ4n) is 3.57. The number of oxazole rings is 1. The van der Waals surface area contributed by atoms with Crippen molar-refractivity contribution in [3.8, 4) is 11.3 Å². The molecule has 6 heteroatoms. The molecular weight excluding hydrogens is 398 g/mol. The molecule has 5 nitrogen and oxygen atoms in total. The maximum atomic E-state index is 12.0. The molecule has 2 N–H and O–H groups in total. The number of hydrogen-bond donors (Lipinski definition) is 2. The minimum absolute atomic E-state index is 0.0641. The quantitative estimate of drug-likeness (QED) is 0.579. The van der Waals surface area contributed by atoms with E-state index >= 15 is 0 Å². The van der Waals surface area contributed by atoms with Crippen LogP contribution < -0.4 is 10.6 Å². The van der Waals surface area contributed by atoms with Crippen molar-refractivity contribution in [2.75, 3.05) is 13.1 Å². The molecule has 2 heterocycles. The van der Waals surface area contributed by atoms with Crippen LogP contribution in [0.4, 0.5) is 0 Å². The Labute approximate surface area is 181 Å². The Balaban J connectivity index is 1.41. The lowest BCUT2D eigenvalue weighted by atomic mass is 10.1. The highest BCUT2D eigenvalue weighted by Crippen LogP contribution is 2.25. The van der Waals surface area contributed by atoms with Crippen molar-refractivity contribution in [3.63, 3.8) is 0 Å². The van der Waals surface area contributed by atoms with E-state index < -0.39 is 0 Å². The molecule has 154 valence electrons. The van der Waals surface area contributed by atoms with Gasteiger partial charge in [0.15, 0.2) is 5.89 Å². The molecule has 1 atom stereocenters. The number of carbonyl (C=O) groups is 1. The Kier molecular flexibility index (Phi) is 6.31. The van der Waals surface area contributed by atoms with E-state index in [1.165, 1.54) is 0 Å². The molecule has 1 unspecified atom stereocenters. The molecule has 1 aromatic heterocycles. The minimum Gasteiger partial charge on any atom is -0.445 e. The average Bonchev–Trinajstić information content (AvgIpc) is 3.36. The molecule has 0 aliphatic carbocycles.